The van der Waals surface area contributed by atoms with Crippen molar-refractivity contribution in [3.63, 3.8) is 0 Å². The Labute approximate surface area is 177 Å². The van der Waals surface area contributed by atoms with Crippen molar-refractivity contribution in [1.82, 2.24) is 9.55 Å². The third-order valence-electron chi connectivity index (χ3n) is 4.67. The number of imidazole rings is 1. The van der Waals surface area contributed by atoms with Gasteiger partial charge in [0.1, 0.15) is 22.7 Å². The van der Waals surface area contributed by atoms with E-state index >= 15 is 0 Å². The third-order valence-corrected chi connectivity index (χ3v) is 4.67. The van der Waals surface area contributed by atoms with Crippen LogP contribution in [-0.4, -0.2) is 27.1 Å². The molecule has 0 aliphatic heterocycles. The van der Waals surface area contributed by atoms with E-state index in [4.69, 9.17) is 13.9 Å². The summed E-state index contributed by atoms with van der Waals surface area (Å²) in [5.74, 6) is -0.270. The van der Waals surface area contributed by atoms with E-state index in [9.17, 15) is 14.9 Å². The Hall–Kier alpha value is -4.14. The van der Waals surface area contributed by atoms with Crippen molar-refractivity contribution in [2.45, 2.75) is 13.8 Å². The van der Waals surface area contributed by atoms with Crippen LogP contribution in [0, 0.1) is 17.0 Å². The van der Waals surface area contributed by atoms with Gasteiger partial charge >= 0.3 is 17.7 Å². The molecular formula is C22H19N3O6. The molecule has 9 heteroatoms. The molecule has 4 aromatic rings. The molecule has 31 heavy (non-hydrogen) atoms. The first-order valence-corrected chi connectivity index (χ1v) is 9.53. The fourth-order valence-corrected chi connectivity index (χ4v) is 3.30. The van der Waals surface area contributed by atoms with Crippen LogP contribution >= 0.6 is 0 Å². The number of aromatic nitrogens is 2. The predicted molar refractivity (Wildman–Crippen MR) is 112 cm³/mol. The number of fused-ring (bicyclic) bond motifs is 1. The summed E-state index contributed by atoms with van der Waals surface area (Å²) in [5.41, 5.74) is 2.49. The SMILES string of the molecule is CCOC(=O)c1c(-c2cccc(C)c2)oc2ccc(Oc3c([N+](=O)[O-])ncn3C)cc12. The zero-order valence-corrected chi connectivity index (χ0v) is 17.1. The Morgan fingerprint density at radius 1 is 1.26 bits per heavy atom. The number of carbonyl (C=O) groups excluding carboxylic acids is 1. The van der Waals surface area contributed by atoms with Gasteiger partial charge in [-0.3, -0.25) is 4.57 Å². The highest BCUT2D eigenvalue weighted by molar-refractivity contribution is 6.09. The van der Waals surface area contributed by atoms with E-state index in [-0.39, 0.29) is 18.1 Å². The molecule has 0 saturated carbocycles. The number of ether oxygens (including phenoxy) is 2. The maximum absolute atomic E-state index is 12.8. The number of esters is 1. The quantitative estimate of drug-likeness (QED) is 0.244. The summed E-state index contributed by atoms with van der Waals surface area (Å²) >= 11 is 0. The number of rotatable bonds is 6. The minimum absolute atomic E-state index is 0.0237. The number of aryl methyl sites for hydroxylation is 2. The van der Waals surface area contributed by atoms with Crippen molar-refractivity contribution in [2.75, 3.05) is 6.61 Å². The highest BCUT2D eigenvalue weighted by Crippen LogP contribution is 2.38. The normalized spacial score (nSPS) is 10.9. The molecule has 0 radical (unpaired) electrons. The minimum Gasteiger partial charge on any atom is -0.462 e. The van der Waals surface area contributed by atoms with E-state index in [1.165, 1.54) is 10.9 Å². The molecule has 0 amide bonds. The van der Waals surface area contributed by atoms with Crippen LogP contribution in [0.2, 0.25) is 0 Å². The van der Waals surface area contributed by atoms with Crippen molar-refractivity contribution in [1.29, 1.82) is 0 Å². The molecule has 0 saturated heterocycles. The summed E-state index contributed by atoms with van der Waals surface area (Å²) in [5, 5.41) is 11.7. The summed E-state index contributed by atoms with van der Waals surface area (Å²) in [6, 6.07) is 12.4. The van der Waals surface area contributed by atoms with Gasteiger partial charge in [-0.25, -0.2) is 4.79 Å². The minimum atomic E-state index is -0.619. The summed E-state index contributed by atoms with van der Waals surface area (Å²) < 4.78 is 18.4. The molecule has 0 aliphatic rings. The van der Waals surface area contributed by atoms with Crippen LogP contribution < -0.4 is 4.74 Å². The first kappa shape index (κ1) is 20.1. The summed E-state index contributed by atoms with van der Waals surface area (Å²) in [6.45, 7) is 3.88. The lowest BCUT2D eigenvalue weighted by atomic mass is 10.0. The molecular weight excluding hydrogens is 402 g/mol. The fourth-order valence-electron chi connectivity index (χ4n) is 3.30. The van der Waals surface area contributed by atoms with Gasteiger partial charge in [-0.2, -0.15) is 0 Å². The van der Waals surface area contributed by atoms with Crippen molar-refractivity contribution in [3.05, 3.63) is 70.0 Å². The summed E-state index contributed by atoms with van der Waals surface area (Å²) in [6.07, 6.45) is 1.30. The molecule has 0 bridgehead atoms. The van der Waals surface area contributed by atoms with Gasteiger partial charge in [-0.1, -0.05) is 23.8 Å². The molecule has 0 N–H and O–H groups in total. The molecule has 158 valence electrons. The predicted octanol–water partition coefficient (Wildman–Crippen LogP) is 5.02. The Morgan fingerprint density at radius 3 is 2.77 bits per heavy atom. The smallest absolute Gasteiger partial charge is 0.427 e. The highest BCUT2D eigenvalue weighted by atomic mass is 16.6. The highest BCUT2D eigenvalue weighted by Gasteiger charge is 2.26. The molecule has 0 aliphatic carbocycles. The summed E-state index contributed by atoms with van der Waals surface area (Å²) in [7, 11) is 1.59. The van der Waals surface area contributed by atoms with Crippen LogP contribution in [0.5, 0.6) is 11.6 Å². The van der Waals surface area contributed by atoms with Gasteiger partial charge in [-0.05, 0) is 48.0 Å². The Morgan fingerprint density at radius 2 is 2.06 bits per heavy atom. The number of benzene rings is 2. The van der Waals surface area contributed by atoms with E-state index in [1.54, 1.807) is 32.2 Å². The molecule has 9 nitrogen and oxygen atoms in total. The average molecular weight is 421 g/mol. The molecule has 2 aromatic heterocycles. The van der Waals surface area contributed by atoms with E-state index in [1.807, 2.05) is 31.2 Å². The lowest BCUT2D eigenvalue weighted by Gasteiger charge is -2.06. The topological polar surface area (TPSA) is 110 Å². The summed E-state index contributed by atoms with van der Waals surface area (Å²) in [4.78, 5) is 27.1. The zero-order valence-electron chi connectivity index (χ0n) is 17.1. The van der Waals surface area contributed by atoms with Crippen LogP contribution in [-0.2, 0) is 11.8 Å². The van der Waals surface area contributed by atoms with Gasteiger partial charge in [-0.15, -0.1) is 0 Å². The van der Waals surface area contributed by atoms with Gasteiger partial charge in [0.15, 0.2) is 0 Å². The fraction of sp³-hybridized carbons (Fsp3) is 0.182. The van der Waals surface area contributed by atoms with Crippen LogP contribution in [0.25, 0.3) is 22.3 Å². The van der Waals surface area contributed by atoms with E-state index in [2.05, 4.69) is 4.98 Å². The van der Waals surface area contributed by atoms with E-state index < -0.39 is 16.7 Å². The first-order valence-electron chi connectivity index (χ1n) is 9.53. The largest absolute Gasteiger partial charge is 0.462 e. The number of hydrogen-bond donors (Lipinski definition) is 0. The van der Waals surface area contributed by atoms with Crippen molar-refractivity contribution in [3.8, 4) is 23.0 Å². The maximum Gasteiger partial charge on any atom is 0.427 e. The van der Waals surface area contributed by atoms with E-state index in [0.717, 1.165) is 11.1 Å². The molecule has 0 spiro atoms. The first-order chi connectivity index (χ1) is 14.9. The van der Waals surface area contributed by atoms with Gasteiger partial charge in [0.2, 0.25) is 6.33 Å². The Balaban J connectivity index is 1.85. The molecule has 2 heterocycles. The number of nitrogens with zero attached hydrogens (tertiary/aromatic N) is 3. The molecule has 0 fully saturated rings. The number of carbonyl (C=O) groups is 1. The van der Waals surface area contributed by atoms with Crippen LogP contribution in [0.15, 0.2) is 53.2 Å². The molecule has 2 aromatic carbocycles. The lowest BCUT2D eigenvalue weighted by Crippen LogP contribution is -2.05. The second kappa shape index (κ2) is 7.94. The van der Waals surface area contributed by atoms with Crippen LogP contribution in [0.1, 0.15) is 22.8 Å². The second-order valence-electron chi connectivity index (χ2n) is 6.90. The van der Waals surface area contributed by atoms with Crippen LogP contribution in [0.3, 0.4) is 0 Å². The van der Waals surface area contributed by atoms with Gasteiger partial charge in [0, 0.05) is 18.0 Å². The van der Waals surface area contributed by atoms with Crippen molar-refractivity contribution < 1.29 is 23.6 Å². The second-order valence-corrected chi connectivity index (χ2v) is 6.90. The van der Waals surface area contributed by atoms with Gasteiger partial charge < -0.3 is 24.0 Å². The van der Waals surface area contributed by atoms with Gasteiger partial charge in [0.05, 0.1) is 6.61 Å². The van der Waals surface area contributed by atoms with E-state index in [0.29, 0.717) is 22.5 Å². The molecule has 4 rings (SSSR count). The standard InChI is InChI=1S/C22H19N3O6/c1-4-29-22(26)18-16-11-15(30-21-20(25(27)28)23-12-24(21)3)8-9-17(16)31-19(18)14-7-5-6-13(2)10-14/h5-12H,4H2,1-3H3. The maximum atomic E-state index is 12.8. The number of furan rings is 1. The molecule has 0 unspecified atom stereocenters. The monoisotopic (exact) mass is 421 g/mol. The molecule has 0 atom stereocenters. The zero-order chi connectivity index (χ0) is 22.1. The average Bonchev–Trinajstić information content (AvgIpc) is 3.29. The number of nitro groups is 1. The lowest BCUT2D eigenvalue weighted by molar-refractivity contribution is -0.390. The number of hydrogen-bond acceptors (Lipinski definition) is 7. The van der Waals surface area contributed by atoms with Crippen LogP contribution in [0.4, 0.5) is 5.82 Å². The van der Waals surface area contributed by atoms with Crippen molar-refractivity contribution in [2.24, 2.45) is 7.05 Å². The Kier molecular flexibility index (Phi) is 5.16. The van der Waals surface area contributed by atoms with Gasteiger partial charge in [0.25, 0.3) is 0 Å². The third kappa shape index (κ3) is 3.73. The van der Waals surface area contributed by atoms with Crippen molar-refractivity contribution >= 4 is 22.8 Å². The Bertz CT molecular complexity index is 1300.